The summed E-state index contributed by atoms with van der Waals surface area (Å²) in [4.78, 5) is 26.9. The molecule has 1 amide bonds. The van der Waals surface area contributed by atoms with Gasteiger partial charge in [-0.2, -0.15) is 0 Å². The number of morpholine rings is 1. The van der Waals surface area contributed by atoms with E-state index in [1.165, 1.54) is 0 Å². The minimum absolute atomic E-state index is 0. The van der Waals surface area contributed by atoms with E-state index in [1.807, 2.05) is 18.9 Å². The number of ether oxygens (including phenoxy) is 1. The average molecular weight is 524 g/mol. The van der Waals surface area contributed by atoms with Crippen LogP contribution in [0.25, 0.3) is 0 Å². The van der Waals surface area contributed by atoms with Crippen LogP contribution < -0.4 is 5.32 Å². The quantitative estimate of drug-likeness (QED) is 0.239. The number of aromatic nitrogens is 1. The highest BCUT2D eigenvalue weighted by Gasteiger charge is 2.12. The minimum atomic E-state index is -0.0134. The summed E-state index contributed by atoms with van der Waals surface area (Å²) in [5.41, 5.74) is 1.02. The number of thiazole rings is 1. The van der Waals surface area contributed by atoms with Gasteiger partial charge < -0.3 is 19.9 Å². The van der Waals surface area contributed by atoms with Gasteiger partial charge in [0.05, 0.1) is 30.5 Å². The summed E-state index contributed by atoms with van der Waals surface area (Å²) in [5.74, 6) is 0.721. The number of carbonyl (C=O) groups is 1. The molecule has 2 heterocycles. The fraction of sp³-hybridized carbons (Fsp3) is 0.722. The third-order valence-corrected chi connectivity index (χ3v) is 5.15. The van der Waals surface area contributed by atoms with E-state index in [-0.39, 0.29) is 36.4 Å². The van der Waals surface area contributed by atoms with Gasteiger partial charge in [0.15, 0.2) is 5.96 Å². The summed E-state index contributed by atoms with van der Waals surface area (Å²) in [5, 5.41) is 6.52. The van der Waals surface area contributed by atoms with E-state index in [0.29, 0.717) is 6.54 Å². The standard InChI is InChI=1S/C18H32N6O2S.HI/c1-15-21-16(14-27-15)13-23(4)18(20-12-17(25)22(2)3)19-6-5-7-24-8-10-26-11-9-24;/h14H,5-13H2,1-4H3,(H,19,20);1H. The van der Waals surface area contributed by atoms with Crippen LogP contribution in [-0.4, -0.2) is 98.6 Å². The first kappa shape index (κ1) is 25.1. The number of halogens is 1. The van der Waals surface area contributed by atoms with Gasteiger partial charge in [0.2, 0.25) is 5.91 Å². The van der Waals surface area contributed by atoms with Crippen LogP contribution in [0.1, 0.15) is 17.1 Å². The van der Waals surface area contributed by atoms with E-state index in [9.17, 15) is 4.79 Å². The molecular weight excluding hydrogens is 491 g/mol. The molecule has 0 spiro atoms. The first-order chi connectivity index (χ1) is 13.0. The number of nitrogens with one attached hydrogen (secondary N) is 1. The number of aryl methyl sites for hydroxylation is 1. The number of carbonyl (C=O) groups excluding carboxylic acids is 1. The number of aliphatic imine (C=N–C) groups is 1. The Morgan fingerprint density at radius 3 is 2.68 bits per heavy atom. The third-order valence-electron chi connectivity index (χ3n) is 4.33. The van der Waals surface area contributed by atoms with Crippen LogP contribution in [0.15, 0.2) is 10.4 Å². The summed E-state index contributed by atoms with van der Waals surface area (Å²) < 4.78 is 5.38. The zero-order valence-electron chi connectivity index (χ0n) is 17.3. The smallest absolute Gasteiger partial charge is 0.243 e. The number of nitrogens with zero attached hydrogens (tertiary/aromatic N) is 5. The maximum Gasteiger partial charge on any atom is 0.243 e. The zero-order valence-corrected chi connectivity index (χ0v) is 20.5. The molecule has 2 rings (SSSR count). The largest absolute Gasteiger partial charge is 0.379 e. The molecule has 0 aliphatic carbocycles. The van der Waals surface area contributed by atoms with E-state index in [4.69, 9.17) is 4.74 Å². The molecule has 0 radical (unpaired) electrons. The molecule has 8 nitrogen and oxygen atoms in total. The Hall–Kier alpha value is -0.980. The second-order valence-electron chi connectivity index (χ2n) is 6.88. The van der Waals surface area contributed by atoms with Gasteiger partial charge in [0, 0.05) is 46.2 Å². The molecule has 10 heteroatoms. The Morgan fingerprint density at radius 1 is 1.36 bits per heavy atom. The van der Waals surface area contributed by atoms with E-state index in [0.717, 1.165) is 62.5 Å². The number of hydrogen-bond donors (Lipinski definition) is 1. The van der Waals surface area contributed by atoms with Crippen LogP contribution in [0.5, 0.6) is 0 Å². The predicted molar refractivity (Wildman–Crippen MR) is 125 cm³/mol. The molecule has 1 aromatic rings. The molecule has 160 valence electrons. The van der Waals surface area contributed by atoms with E-state index >= 15 is 0 Å². The van der Waals surface area contributed by atoms with Crippen molar-refractivity contribution in [3.63, 3.8) is 0 Å². The molecule has 0 aromatic carbocycles. The Bertz CT molecular complexity index is 619. The Kier molecular flexibility index (Phi) is 11.9. The van der Waals surface area contributed by atoms with Gasteiger partial charge in [-0.15, -0.1) is 35.3 Å². The van der Waals surface area contributed by atoms with Crippen LogP contribution in [0.3, 0.4) is 0 Å². The van der Waals surface area contributed by atoms with Crippen molar-refractivity contribution in [1.82, 2.24) is 25.0 Å². The zero-order chi connectivity index (χ0) is 19.6. The van der Waals surface area contributed by atoms with Gasteiger partial charge in [0.25, 0.3) is 0 Å². The van der Waals surface area contributed by atoms with Crippen LogP contribution in [0.2, 0.25) is 0 Å². The molecule has 0 bridgehead atoms. The summed E-state index contributed by atoms with van der Waals surface area (Å²) in [7, 11) is 5.47. The fourth-order valence-electron chi connectivity index (χ4n) is 2.72. The van der Waals surface area contributed by atoms with Crippen LogP contribution in [-0.2, 0) is 16.1 Å². The lowest BCUT2D eigenvalue weighted by atomic mass is 10.3. The predicted octanol–water partition coefficient (Wildman–Crippen LogP) is 1.26. The van der Waals surface area contributed by atoms with Crippen molar-refractivity contribution in [3.05, 3.63) is 16.1 Å². The molecule has 0 saturated carbocycles. The lowest BCUT2D eigenvalue weighted by molar-refractivity contribution is -0.127. The van der Waals surface area contributed by atoms with Gasteiger partial charge in [-0.25, -0.2) is 9.98 Å². The number of likely N-dealkylation sites (N-methyl/N-ethyl adjacent to an activating group) is 1. The lowest BCUT2D eigenvalue weighted by Crippen LogP contribution is -2.42. The fourth-order valence-corrected chi connectivity index (χ4v) is 3.33. The first-order valence-electron chi connectivity index (χ1n) is 9.36. The highest BCUT2D eigenvalue weighted by atomic mass is 127. The summed E-state index contributed by atoms with van der Waals surface area (Å²) >= 11 is 1.64. The van der Waals surface area contributed by atoms with Crippen molar-refractivity contribution in [1.29, 1.82) is 0 Å². The SMILES string of the molecule is Cc1nc(CN(C)C(=NCC(=O)N(C)C)NCCCN2CCOCC2)cs1.I. The van der Waals surface area contributed by atoms with Crippen LogP contribution >= 0.6 is 35.3 Å². The van der Waals surface area contributed by atoms with Crippen molar-refractivity contribution in [3.8, 4) is 0 Å². The molecule has 1 saturated heterocycles. The highest BCUT2D eigenvalue weighted by Crippen LogP contribution is 2.10. The van der Waals surface area contributed by atoms with Crippen molar-refractivity contribution in [2.75, 3.05) is 67.1 Å². The minimum Gasteiger partial charge on any atom is -0.379 e. The topological polar surface area (TPSA) is 73.3 Å². The number of guanidine groups is 1. The molecule has 0 atom stereocenters. The summed E-state index contributed by atoms with van der Waals surface area (Å²) in [6.45, 7) is 8.30. The second kappa shape index (κ2) is 13.3. The van der Waals surface area contributed by atoms with E-state index in [2.05, 4.69) is 25.6 Å². The molecule has 1 aliphatic heterocycles. The van der Waals surface area contributed by atoms with Crippen molar-refractivity contribution >= 4 is 47.2 Å². The first-order valence-corrected chi connectivity index (χ1v) is 10.2. The lowest BCUT2D eigenvalue weighted by Gasteiger charge is -2.27. The normalized spacial score (nSPS) is 15.1. The molecular formula is C18H33IN6O2S. The highest BCUT2D eigenvalue weighted by molar-refractivity contribution is 14.0. The number of hydrogen-bond acceptors (Lipinski definition) is 6. The Labute approximate surface area is 189 Å². The maximum atomic E-state index is 11.9. The van der Waals surface area contributed by atoms with Crippen molar-refractivity contribution in [2.24, 2.45) is 4.99 Å². The molecule has 1 fully saturated rings. The maximum absolute atomic E-state index is 11.9. The van der Waals surface area contributed by atoms with Crippen LogP contribution in [0, 0.1) is 6.92 Å². The van der Waals surface area contributed by atoms with Gasteiger partial charge >= 0.3 is 0 Å². The van der Waals surface area contributed by atoms with Gasteiger partial charge in [-0.1, -0.05) is 0 Å². The van der Waals surface area contributed by atoms with E-state index in [1.54, 1.807) is 30.3 Å². The molecule has 0 unspecified atom stereocenters. The molecule has 1 aromatic heterocycles. The van der Waals surface area contributed by atoms with Gasteiger partial charge in [0.1, 0.15) is 6.54 Å². The Morgan fingerprint density at radius 2 is 2.07 bits per heavy atom. The molecule has 1 N–H and O–H groups in total. The van der Waals surface area contributed by atoms with E-state index < -0.39 is 0 Å². The molecule has 28 heavy (non-hydrogen) atoms. The molecule has 1 aliphatic rings. The number of rotatable bonds is 8. The summed E-state index contributed by atoms with van der Waals surface area (Å²) in [6, 6.07) is 0. The van der Waals surface area contributed by atoms with Crippen molar-refractivity contribution < 1.29 is 9.53 Å². The number of amides is 1. The van der Waals surface area contributed by atoms with Gasteiger partial charge in [-0.3, -0.25) is 9.69 Å². The Balaban J connectivity index is 0.00000392. The average Bonchev–Trinajstić information content (AvgIpc) is 3.06. The van der Waals surface area contributed by atoms with Crippen molar-refractivity contribution in [2.45, 2.75) is 19.9 Å². The summed E-state index contributed by atoms with van der Waals surface area (Å²) in [6.07, 6.45) is 1.02. The van der Waals surface area contributed by atoms with Crippen LogP contribution in [0.4, 0.5) is 0 Å². The second-order valence-corrected chi connectivity index (χ2v) is 7.94. The monoisotopic (exact) mass is 524 g/mol. The van der Waals surface area contributed by atoms with Gasteiger partial charge in [-0.05, 0) is 19.9 Å². The third kappa shape index (κ3) is 9.01.